The molecule has 3 rings (SSSR count). The smallest absolute Gasteiger partial charge is 0.229 e. The van der Waals surface area contributed by atoms with Crippen LogP contribution in [-0.4, -0.2) is 4.57 Å². The molecule has 0 aliphatic carbocycles. The van der Waals surface area contributed by atoms with Crippen LogP contribution < -0.4 is 4.57 Å². The highest BCUT2D eigenvalue weighted by atomic mass is 15.2. The average molecular weight is 392 g/mol. The highest BCUT2D eigenvalue weighted by Crippen LogP contribution is 2.38. The summed E-state index contributed by atoms with van der Waals surface area (Å²) < 4.78 is 4.95. The lowest BCUT2D eigenvalue weighted by molar-refractivity contribution is -0.657. The number of aromatic nitrogens is 2. The van der Waals surface area contributed by atoms with Crippen molar-refractivity contribution < 1.29 is 4.57 Å². The van der Waals surface area contributed by atoms with E-state index in [4.69, 9.17) is 0 Å². The van der Waals surface area contributed by atoms with Crippen LogP contribution in [-0.2, 0) is 12.5 Å². The molecule has 2 nitrogen and oxygen atoms in total. The highest BCUT2D eigenvalue weighted by molar-refractivity contribution is 5.76. The Kier molecular flexibility index (Phi) is 5.69. The topological polar surface area (TPSA) is 8.81 Å². The van der Waals surface area contributed by atoms with Crippen molar-refractivity contribution in [3.63, 3.8) is 0 Å². The van der Waals surface area contributed by atoms with Crippen molar-refractivity contribution in [2.24, 2.45) is 7.05 Å². The molecule has 0 fully saturated rings. The predicted octanol–water partition coefficient (Wildman–Crippen LogP) is 7.12. The number of imidazole rings is 1. The molecule has 0 amide bonds. The Morgan fingerprint density at radius 1 is 0.793 bits per heavy atom. The zero-order valence-corrected chi connectivity index (χ0v) is 20.1. The summed E-state index contributed by atoms with van der Waals surface area (Å²) in [6.07, 6.45) is 0. The molecule has 0 saturated carbocycles. The minimum Gasteiger partial charge on any atom is -0.229 e. The van der Waals surface area contributed by atoms with Crippen molar-refractivity contribution in [2.75, 3.05) is 0 Å². The van der Waals surface area contributed by atoms with Gasteiger partial charge in [0.25, 0.3) is 5.82 Å². The monoisotopic (exact) mass is 391 g/mol. The van der Waals surface area contributed by atoms with Gasteiger partial charge >= 0.3 is 0 Å². The highest BCUT2D eigenvalue weighted by Gasteiger charge is 2.36. The summed E-state index contributed by atoms with van der Waals surface area (Å²) in [7, 11) is 2.21. The molecule has 0 spiro atoms. The van der Waals surface area contributed by atoms with Crippen LogP contribution in [0.3, 0.4) is 0 Å². The van der Waals surface area contributed by atoms with Gasteiger partial charge in [-0.1, -0.05) is 65.8 Å². The molecule has 0 bridgehead atoms. The maximum atomic E-state index is 2.56. The molecule has 0 radical (unpaired) electrons. The summed E-state index contributed by atoms with van der Waals surface area (Å²) in [5, 5.41) is 0. The van der Waals surface area contributed by atoms with Gasteiger partial charge in [-0.25, -0.2) is 4.57 Å². The molecule has 0 unspecified atom stereocenters. The average Bonchev–Trinajstić information content (AvgIpc) is 2.93. The van der Waals surface area contributed by atoms with E-state index in [1.54, 1.807) is 0 Å². The molecule has 3 aromatic rings. The fourth-order valence-electron chi connectivity index (χ4n) is 4.56. The number of benzene rings is 2. The quantitative estimate of drug-likeness (QED) is 0.419. The maximum Gasteiger partial charge on any atom is 0.267 e. The second kappa shape index (κ2) is 7.63. The van der Waals surface area contributed by atoms with Gasteiger partial charge in [0, 0.05) is 11.1 Å². The van der Waals surface area contributed by atoms with E-state index < -0.39 is 0 Å². The van der Waals surface area contributed by atoms with E-state index in [9.17, 15) is 0 Å². The lowest BCUT2D eigenvalue weighted by atomic mass is 9.86. The van der Waals surface area contributed by atoms with Gasteiger partial charge in [0.15, 0.2) is 11.0 Å². The third kappa shape index (κ3) is 3.74. The summed E-state index contributed by atoms with van der Waals surface area (Å²) in [6.45, 7) is 20.9. The molecule has 0 atom stereocenters. The lowest BCUT2D eigenvalue weighted by Gasteiger charge is -2.23. The summed E-state index contributed by atoms with van der Waals surface area (Å²) in [5.74, 6) is 2.79. The fraction of sp³-hybridized carbons (Fsp3) is 0.519. The number of nitrogens with zero attached hydrogens (tertiary/aromatic N) is 2. The Labute approximate surface area is 177 Å². The van der Waals surface area contributed by atoms with E-state index in [-0.39, 0.29) is 5.41 Å². The zero-order valence-electron chi connectivity index (χ0n) is 20.1. The fourth-order valence-corrected chi connectivity index (χ4v) is 4.56. The van der Waals surface area contributed by atoms with Crippen molar-refractivity contribution in [3.8, 4) is 5.69 Å². The summed E-state index contributed by atoms with van der Waals surface area (Å²) in [6, 6.07) is 13.7. The van der Waals surface area contributed by atoms with Gasteiger partial charge in [-0.2, -0.15) is 4.57 Å². The molecule has 0 aliphatic rings. The van der Waals surface area contributed by atoms with Crippen molar-refractivity contribution in [1.29, 1.82) is 0 Å². The first kappa shape index (κ1) is 21.6. The van der Waals surface area contributed by atoms with E-state index in [0.717, 1.165) is 0 Å². The van der Waals surface area contributed by atoms with Crippen LogP contribution in [0.1, 0.15) is 103 Å². The molecule has 0 N–H and O–H groups in total. The largest absolute Gasteiger partial charge is 0.267 e. The molecule has 0 saturated heterocycles. The minimum absolute atomic E-state index is 0.0208. The van der Waals surface area contributed by atoms with Crippen molar-refractivity contribution in [3.05, 3.63) is 58.9 Å². The number of hydrogen-bond donors (Lipinski definition) is 0. The zero-order chi connectivity index (χ0) is 21.7. The van der Waals surface area contributed by atoms with Crippen LogP contribution in [0.15, 0.2) is 36.4 Å². The van der Waals surface area contributed by atoms with Crippen LogP contribution in [0.25, 0.3) is 16.7 Å². The second-order valence-electron chi connectivity index (χ2n) is 10.5. The number of aryl methyl sites for hydroxylation is 1. The predicted molar refractivity (Wildman–Crippen MR) is 125 cm³/mol. The van der Waals surface area contributed by atoms with Gasteiger partial charge in [-0.15, -0.1) is 0 Å². The Morgan fingerprint density at radius 2 is 1.31 bits per heavy atom. The first-order valence-electron chi connectivity index (χ1n) is 11.1. The number of fused-ring (bicyclic) bond motifs is 1. The molecule has 1 heterocycles. The van der Waals surface area contributed by atoms with Crippen LogP contribution in [0.2, 0.25) is 0 Å². The van der Waals surface area contributed by atoms with Crippen molar-refractivity contribution in [2.45, 2.75) is 85.5 Å². The van der Waals surface area contributed by atoms with E-state index in [1.807, 2.05) is 0 Å². The van der Waals surface area contributed by atoms with Gasteiger partial charge in [0.2, 0.25) is 0 Å². The van der Waals surface area contributed by atoms with Gasteiger partial charge in [-0.05, 0) is 56.2 Å². The second-order valence-corrected chi connectivity index (χ2v) is 10.5. The standard InChI is InChI=1S/C27H39N2/c1-17(2)20-15-21(18(3)4)25(22(16-20)19(5)6)29-24-14-12-11-13-23(24)28(10)26(29)27(7,8)9/h11-19H,1-10H3/q+1. The van der Waals surface area contributed by atoms with Crippen LogP contribution >= 0.6 is 0 Å². The summed E-state index contributed by atoms with van der Waals surface area (Å²) in [5.41, 5.74) is 8.34. The van der Waals surface area contributed by atoms with Crippen molar-refractivity contribution >= 4 is 11.0 Å². The van der Waals surface area contributed by atoms with E-state index in [1.165, 1.54) is 39.2 Å². The van der Waals surface area contributed by atoms with Crippen LogP contribution in [0.4, 0.5) is 0 Å². The van der Waals surface area contributed by atoms with Gasteiger partial charge in [0.05, 0.1) is 12.5 Å². The SMILES string of the molecule is CC(C)c1cc(C(C)C)c(-n2c(C(C)(C)C)[n+](C)c3ccccc32)c(C(C)C)c1. The Morgan fingerprint density at radius 3 is 1.76 bits per heavy atom. The molecule has 29 heavy (non-hydrogen) atoms. The molecular formula is C27H39N2+. The number of hydrogen-bond acceptors (Lipinski definition) is 0. The third-order valence-electron chi connectivity index (χ3n) is 6.01. The normalized spacial score (nSPS) is 12.7. The summed E-state index contributed by atoms with van der Waals surface area (Å²) >= 11 is 0. The molecule has 2 heteroatoms. The van der Waals surface area contributed by atoms with E-state index in [0.29, 0.717) is 17.8 Å². The summed E-state index contributed by atoms with van der Waals surface area (Å²) in [4.78, 5) is 0. The first-order valence-corrected chi connectivity index (χ1v) is 11.1. The molecule has 2 aromatic carbocycles. The molecule has 1 aromatic heterocycles. The van der Waals surface area contributed by atoms with Crippen molar-refractivity contribution in [1.82, 2.24) is 4.57 Å². The minimum atomic E-state index is 0.0208. The molecule has 0 aliphatic heterocycles. The number of rotatable bonds is 4. The van der Waals surface area contributed by atoms with Gasteiger partial charge in [-0.3, -0.25) is 0 Å². The van der Waals surface area contributed by atoms with E-state index in [2.05, 4.69) is 115 Å². The van der Waals surface area contributed by atoms with Crippen LogP contribution in [0, 0.1) is 0 Å². The number of para-hydroxylation sites is 2. The Bertz CT molecular complexity index is 998. The molecular weight excluding hydrogens is 352 g/mol. The van der Waals surface area contributed by atoms with Gasteiger partial charge < -0.3 is 0 Å². The van der Waals surface area contributed by atoms with E-state index >= 15 is 0 Å². The third-order valence-corrected chi connectivity index (χ3v) is 6.01. The molecule has 156 valence electrons. The first-order chi connectivity index (χ1) is 13.4. The van der Waals surface area contributed by atoms with Crippen LogP contribution in [0.5, 0.6) is 0 Å². The Hall–Kier alpha value is -2.09. The lowest BCUT2D eigenvalue weighted by Crippen LogP contribution is -2.40. The maximum absolute atomic E-state index is 2.56. The van der Waals surface area contributed by atoms with Gasteiger partial charge in [0.1, 0.15) is 5.69 Å². The Balaban J connectivity index is 2.56.